The van der Waals surface area contributed by atoms with Gasteiger partial charge in [-0.15, -0.1) is 0 Å². The summed E-state index contributed by atoms with van der Waals surface area (Å²) in [5.74, 6) is -3.12. The van der Waals surface area contributed by atoms with Crippen LogP contribution in [0.5, 0.6) is 5.75 Å². The number of benzene rings is 1. The molecule has 0 atom stereocenters. The summed E-state index contributed by atoms with van der Waals surface area (Å²) < 4.78 is 10.9. The highest BCUT2D eigenvalue weighted by Gasteiger charge is 2.06. The summed E-state index contributed by atoms with van der Waals surface area (Å²) in [6, 6.07) is 5.29. The second-order valence-corrected chi connectivity index (χ2v) is 5.54. The molecule has 25 heavy (non-hydrogen) atoms. The van der Waals surface area contributed by atoms with E-state index in [9.17, 15) is 0 Å². The minimum Gasteiger partial charge on any atom is -0.488 e. The average Bonchev–Trinajstić information content (AvgIpc) is 2.56. The van der Waals surface area contributed by atoms with Gasteiger partial charge in [-0.25, -0.2) is 9.59 Å². The molecule has 1 aromatic rings. The summed E-state index contributed by atoms with van der Waals surface area (Å²) in [5.41, 5.74) is 0. The van der Waals surface area contributed by atoms with Crippen molar-refractivity contribution in [3.63, 3.8) is 0 Å². The van der Waals surface area contributed by atoms with E-state index in [1.807, 2.05) is 0 Å². The van der Waals surface area contributed by atoms with Crippen LogP contribution < -0.4 is 10.1 Å². The quantitative estimate of drug-likeness (QED) is 0.413. The van der Waals surface area contributed by atoms with Crippen molar-refractivity contribution in [2.45, 2.75) is 19.8 Å². The number of unbranched alkanes of at least 4 members (excludes halogenated alkanes) is 1. The number of hydrogen-bond acceptors (Lipinski definition) is 5. The van der Waals surface area contributed by atoms with Gasteiger partial charge in [0.05, 0.1) is 23.3 Å². The van der Waals surface area contributed by atoms with Crippen molar-refractivity contribution < 1.29 is 29.3 Å². The van der Waals surface area contributed by atoms with Crippen molar-refractivity contribution >= 4 is 35.1 Å². The predicted octanol–water partition coefficient (Wildman–Crippen LogP) is 2.93. The molecule has 1 aromatic carbocycles. The number of aliphatic carboxylic acids is 2. The average molecular weight is 396 g/mol. The van der Waals surface area contributed by atoms with Crippen LogP contribution in [0.15, 0.2) is 18.2 Å². The van der Waals surface area contributed by atoms with Gasteiger partial charge < -0.3 is 25.0 Å². The minimum atomic E-state index is -1.82. The fourth-order valence-electron chi connectivity index (χ4n) is 1.50. The van der Waals surface area contributed by atoms with Gasteiger partial charge >= 0.3 is 11.9 Å². The van der Waals surface area contributed by atoms with E-state index in [-0.39, 0.29) is 0 Å². The van der Waals surface area contributed by atoms with Crippen LogP contribution >= 0.6 is 23.2 Å². The van der Waals surface area contributed by atoms with E-state index in [1.165, 1.54) is 12.8 Å². The van der Waals surface area contributed by atoms with Crippen LogP contribution in [0.4, 0.5) is 0 Å². The largest absolute Gasteiger partial charge is 0.488 e. The number of para-hydroxylation sites is 1. The molecule has 0 fully saturated rings. The molecule has 0 aliphatic rings. The lowest BCUT2D eigenvalue weighted by Crippen LogP contribution is -2.21. The standard InChI is InChI=1S/C14H21Cl2NO2.C2H2O4/c1-2-3-7-17-8-9-18-10-11-19-14-12(15)5-4-6-13(14)16;3-1(4)2(5)6/h4-6,17H,2-3,7-11H2,1H3;(H,3,4)(H,5,6). The second-order valence-electron chi connectivity index (χ2n) is 4.73. The number of carboxylic acid groups (broad SMARTS) is 2. The molecule has 0 amide bonds. The summed E-state index contributed by atoms with van der Waals surface area (Å²) in [4.78, 5) is 18.2. The summed E-state index contributed by atoms with van der Waals surface area (Å²) in [7, 11) is 0. The highest BCUT2D eigenvalue weighted by atomic mass is 35.5. The number of ether oxygens (including phenoxy) is 2. The Balaban J connectivity index is 0.000000823. The first-order valence-electron chi connectivity index (χ1n) is 7.71. The fraction of sp³-hybridized carbons (Fsp3) is 0.500. The van der Waals surface area contributed by atoms with Crippen molar-refractivity contribution in [3.05, 3.63) is 28.2 Å². The molecule has 0 spiro atoms. The van der Waals surface area contributed by atoms with Crippen LogP contribution in [0, 0.1) is 0 Å². The van der Waals surface area contributed by atoms with E-state index in [2.05, 4.69) is 12.2 Å². The van der Waals surface area contributed by atoms with Crippen LogP contribution in [0.1, 0.15) is 19.8 Å². The highest BCUT2D eigenvalue weighted by Crippen LogP contribution is 2.32. The topological polar surface area (TPSA) is 105 Å². The Bertz CT molecular complexity index is 495. The molecular formula is C16H23Cl2NO6. The minimum absolute atomic E-state index is 0.443. The van der Waals surface area contributed by atoms with Gasteiger partial charge in [0.25, 0.3) is 0 Å². The zero-order valence-electron chi connectivity index (χ0n) is 14.0. The van der Waals surface area contributed by atoms with Crippen molar-refractivity contribution in [2.24, 2.45) is 0 Å². The fourth-order valence-corrected chi connectivity index (χ4v) is 2.00. The Hall–Kier alpha value is -1.54. The molecule has 0 saturated carbocycles. The molecule has 3 N–H and O–H groups in total. The third kappa shape index (κ3) is 12.5. The van der Waals surface area contributed by atoms with Crippen molar-refractivity contribution in [2.75, 3.05) is 32.9 Å². The molecule has 0 radical (unpaired) electrons. The lowest BCUT2D eigenvalue weighted by molar-refractivity contribution is -0.159. The van der Waals surface area contributed by atoms with E-state index < -0.39 is 11.9 Å². The Morgan fingerprint density at radius 3 is 2.16 bits per heavy atom. The van der Waals surface area contributed by atoms with Crippen molar-refractivity contribution in [1.29, 1.82) is 0 Å². The molecule has 0 heterocycles. The molecule has 0 aliphatic carbocycles. The molecule has 9 heteroatoms. The maximum Gasteiger partial charge on any atom is 0.414 e. The van der Waals surface area contributed by atoms with Crippen molar-refractivity contribution in [3.8, 4) is 5.75 Å². The number of nitrogens with one attached hydrogen (secondary N) is 1. The van der Waals surface area contributed by atoms with Crippen LogP contribution in [-0.4, -0.2) is 55.1 Å². The van der Waals surface area contributed by atoms with Gasteiger partial charge in [-0.05, 0) is 25.1 Å². The third-order valence-corrected chi connectivity index (χ3v) is 3.30. The molecule has 0 aliphatic heterocycles. The Morgan fingerprint density at radius 2 is 1.64 bits per heavy atom. The summed E-state index contributed by atoms with van der Waals surface area (Å²) in [6.07, 6.45) is 2.41. The molecule has 1 rings (SSSR count). The van der Waals surface area contributed by atoms with E-state index in [4.69, 9.17) is 52.5 Å². The van der Waals surface area contributed by atoms with Gasteiger partial charge in [0.2, 0.25) is 0 Å². The van der Waals surface area contributed by atoms with E-state index in [1.54, 1.807) is 18.2 Å². The van der Waals surface area contributed by atoms with Crippen LogP contribution in [0.25, 0.3) is 0 Å². The van der Waals surface area contributed by atoms with E-state index in [0.717, 1.165) is 13.1 Å². The van der Waals surface area contributed by atoms with E-state index >= 15 is 0 Å². The summed E-state index contributed by atoms with van der Waals surface area (Å²) in [5, 5.41) is 19.1. The smallest absolute Gasteiger partial charge is 0.414 e. The maximum absolute atomic E-state index is 9.10. The molecule has 0 aromatic heterocycles. The van der Waals surface area contributed by atoms with E-state index in [0.29, 0.717) is 35.6 Å². The number of halogens is 2. The monoisotopic (exact) mass is 395 g/mol. The molecule has 0 saturated heterocycles. The number of carbonyl (C=O) groups is 2. The lowest BCUT2D eigenvalue weighted by Gasteiger charge is -2.10. The van der Waals surface area contributed by atoms with Gasteiger partial charge in [-0.1, -0.05) is 42.6 Å². The van der Waals surface area contributed by atoms with Gasteiger partial charge in [0, 0.05) is 6.54 Å². The zero-order valence-corrected chi connectivity index (χ0v) is 15.5. The summed E-state index contributed by atoms with van der Waals surface area (Å²) in [6.45, 7) is 5.74. The third-order valence-electron chi connectivity index (χ3n) is 2.71. The summed E-state index contributed by atoms with van der Waals surface area (Å²) >= 11 is 12.0. The van der Waals surface area contributed by atoms with Gasteiger partial charge in [0.1, 0.15) is 6.61 Å². The lowest BCUT2D eigenvalue weighted by atomic mass is 10.3. The second kappa shape index (κ2) is 14.8. The predicted molar refractivity (Wildman–Crippen MR) is 95.8 cm³/mol. The normalized spacial score (nSPS) is 9.88. The first-order valence-corrected chi connectivity index (χ1v) is 8.47. The van der Waals surface area contributed by atoms with Gasteiger partial charge in [0.15, 0.2) is 5.75 Å². The van der Waals surface area contributed by atoms with Crippen LogP contribution in [-0.2, 0) is 14.3 Å². The van der Waals surface area contributed by atoms with Crippen LogP contribution in [0.2, 0.25) is 10.0 Å². The molecule has 0 unspecified atom stereocenters. The number of hydrogen-bond donors (Lipinski definition) is 3. The Kier molecular flexibility index (Phi) is 13.9. The van der Waals surface area contributed by atoms with Gasteiger partial charge in [-0.2, -0.15) is 0 Å². The first kappa shape index (κ1) is 23.5. The number of rotatable bonds is 10. The molecule has 0 bridgehead atoms. The molecular weight excluding hydrogens is 373 g/mol. The molecule has 7 nitrogen and oxygen atoms in total. The number of carboxylic acids is 2. The van der Waals surface area contributed by atoms with Gasteiger partial charge in [-0.3, -0.25) is 0 Å². The van der Waals surface area contributed by atoms with Crippen molar-refractivity contribution in [1.82, 2.24) is 5.32 Å². The zero-order chi connectivity index (χ0) is 19.1. The Morgan fingerprint density at radius 1 is 1.04 bits per heavy atom. The first-order chi connectivity index (χ1) is 11.9. The highest BCUT2D eigenvalue weighted by molar-refractivity contribution is 6.37. The SMILES string of the molecule is CCCCNCCOCCOc1c(Cl)cccc1Cl.O=C(O)C(=O)O. The Labute approximate surface area is 156 Å². The molecule has 142 valence electrons. The van der Waals surface area contributed by atoms with Crippen LogP contribution in [0.3, 0.4) is 0 Å². The maximum atomic E-state index is 9.10.